The van der Waals surface area contributed by atoms with Crippen molar-refractivity contribution in [2.24, 2.45) is 0 Å². The van der Waals surface area contributed by atoms with Crippen LogP contribution in [0.3, 0.4) is 0 Å². The first-order valence-corrected chi connectivity index (χ1v) is 12.4. The fourth-order valence-electron chi connectivity index (χ4n) is 4.38. The van der Waals surface area contributed by atoms with Crippen LogP contribution in [0.15, 0.2) is 97.1 Å². The minimum absolute atomic E-state index is 0.0676. The van der Waals surface area contributed by atoms with E-state index < -0.39 is 11.6 Å². The van der Waals surface area contributed by atoms with Crippen LogP contribution in [-0.4, -0.2) is 0 Å². The summed E-state index contributed by atoms with van der Waals surface area (Å²) in [6.45, 7) is 0. The maximum Gasteiger partial charge on any atom is 0.167 e. The monoisotopic (exact) mass is 554 g/mol. The molecule has 0 fully saturated rings. The van der Waals surface area contributed by atoms with Crippen molar-refractivity contribution in [2.75, 3.05) is 0 Å². The van der Waals surface area contributed by atoms with Gasteiger partial charge in [-0.15, -0.1) is 0 Å². The highest BCUT2D eigenvalue weighted by molar-refractivity contribution is 6.32. The number of hydrogen-bond acceptors (Lipinski definition) is 0. The van der Waals surface area contributed by atoms with Gasteiger partial charge in [-0.25, -0.2) is 8.78 Å². The lowest BCUT2D eigenvalue weighted by Crippen LogP contribution is -2.03. The summed E-state index contributed by atoms with van der Waals surface area (Å²) in [5.74, 6) is -2.01. The molecule has 178 valence electrons. The van der Waals surface area contributed by atoms with E-state index >= 15 is 8.78 Å². The number of rotatable bonds is 4. The number of hydrogen-bond donors (Lipinski definition) is 0. The maximum atomic E-state index is 16.2. The van der Waals surface area contributed by atoms with E-state index in [1.54, 1.807) is 84.9 Å². The molecule has 0 N–H and O–H groups in total. The second kappa shape index (κ2) is 10.2. The topological polar surface area (TPSA) is 0 Å². The second-order valence-corrected chi connectivity index (χ2v) is 9.92. The maximum absolute atomic E-state index is 16.2. The lowest BCUT2D eigenvalue weighted by atomic mass is 9.82. The predicted molar refractivity (Wildman–Crippen MR) is 148 cm³/mol. The highest BCUT2D eigenvalue weighted by atomic mass is 35.5. The van der Waals surface area contributed by atoms with Gasteiger partial charge in [-0.1, -0.05) is 94.9 Å². The van der Waals surface area contributed by atoms with E-state index in [1.807, 2.05) is 12.1 Å². The first-order valence-electron chi connectivity index (χ1n) is 10.9. The molecule has 0 radical (unpaired) electrons. The minimum Gasteiger partial charge on any atom is -0.203 e. The van der Waals surface area contributed by atoms with Gasteiger partial charge in [0.25, 0.3) is 0 Å². The van der Waals surface area contributed by atoms with Crippen LogP contribution in [0.2, 0.25) is 20.1 Å². The SMILES string of the molecule is Fc1c(F)c(-c2cccc(Cl)c2)c(-c2cccc(Cl)c2)c(-c2cccc(Cl)c2)c1-c1cccc(Cl)c1. The molecule has 6 heteroatoms. The summed E-state index contributed by atoms with van der Waals surface area (Å²) >= 11 is 25.3. The van der Waals surface area contributed by atoms with Crippen LogP contribution >= 0.6 is 46.4 Å². The first-order chi connectivity index (χ1) is 17.3. The molecule has 36 heavy (non-hydrogen) atoms. The van der Waals surface area contributed by atoms with Crippen LogP contribution in [0.25, 0.3) is 44.5 Å². The third-order valence-electron chi connectivity index (χ3n) is 5.83. The van der Waals surface area contributed by atoms with Crippen LogP contribution in [0, 0.1) is 11.6 Å². The van der Waals surface area contributed by atoms with Crippen LogP contribution in [0.1, 0.15) is 0 Å². The van der Waals surface area contributed by atoms with Crippen molar-refractivity contribution in [2.45, 2.75) is 0 Å². The fraction of sp³-hybridized carbons (Fsp3) is 0. The summed E-state index contributed by atoms with van der Waals surface area (Å²) in [6, 6.07) is 27.4. The van der Waals surface area contributed by atoms with Gasteiger partial charge in [-0.05, 0) is 70.8 Å². The molecule has 0 unspecified atom stereocenters. The average Bonchev–Trinajstić information content (AvgIpc) is 2.85. The van der Waals surface area contributed by atoms with E-state index in [1.165, 1.54) is 0 Å². The molecule has 5 aromatic carbocycles. The van der Waals surface area contributed by atoms with Crippen molar-refractivity contribution in [1.29, 1.82) is 0 Å². The Balaban J connectivity index is 2.03. The Hall–Kier alpha value is -2.88. The smallest absolute Gasteiger partial charge is 0.167 e. The minimum atomic E-state index is -1.01. The molecule has 0 atom stereocenters. The molecule has 0 aliphatic rings. The molecule has 0 amide bonds. The third kappa shape index (κ3) is 4.75. The molecule has 0 aromatic heterocycles. The molecule has 0 aliphatic heterocycles. The van der Waals surface area contributed by atoms with Gasteiger partial charge < -0.3 is 0 Å². The van der Waals surface area contributed by atoms with Gasteiger partial charge in [-0.3, -0.25) is 0 Å². The third-order valence-corrected chi connectivity index (χ3v) is 6.78. The van der Waals surface area contributed by atoms with Crippen molar-refractivity contribution in [3.05, 3.63) is 129 Å². The standard InChI is InChI=1S/C30H16Cl4F2/c31-21-9-1-5-17(13-21)25-26(18-6-2-10-22(32)14-18)28(20-8-4-12-24(34)16-20)30(36)29(35)27(25)19-7-3-11-23(33)15-19/h1-16H. The summed E-state index contributed by atoms with van der Waals surface area (Å²) in [5.41, 5.74) is 3.11. The lowest BCUT2D eigenvalue weighted by Gasteiger charge is -2.23. The van der Waals surface area contributed by atoms with Gasteiger partial charge >= 0.3 is 0 Å². The zero-order valence-corrected chi connectivity index (χ0v) is 21.5. The number of benzene rings is 5. The predicted octanol–water partition coefficient (Wildman–Crippen LogP) is 11.2. The van der Waals surface area contributed by atoms with E-state index in [0.717, 1.165) is 0 Å². The Labute approximate surface area is 227 Å². The second-order valence-electron chi connectivity index (χ2n) is 8.17. The molecular formula is C30H16Cl4F2. The Morgan fingerprint density at radius 3 is 0.861 bits per heavy atom. The van der Waals surface area contributed by atoms with Gasteiger partial charge in [0, 0.05) is 42.3 Å². The molecule has 5 aromatic rings. The average molecular weight is 556 g/mol. The molecule has 0 bridgehead atoms. The highest BCUT2D eigenvalue weighted by Crippen LogP contribution is 2.49. The summed E-state index contributed by atoms with van der Waals surface area (Å²) in [7, 11) is 0. The van der Waals surface area contributed by atoms with E-state index in [0.29, 0.717) is 53.5 Å². The Morgan fingerprint density at radius 1 is 0.361 bits per heavy atom. The van der Waals surface area contributed by atoms with Gasteiger partial charge in [0.2, 0.25) is 0 Å². The molecule has 0 saturated carbocycles. The molecule has 0 aliphatic carbocycles. The van der Waals surface area contributed by atoms with E-state index in [9.17, 15) is 0 Å². The van der Waals surface area contributed by atoms with Gasteiger partial charge in [-0.2, -0.15) is 0 Å². The zero-order valence-electron chi connectivity index (χ0n) is 18.5. The Bertz CT molecular complexity index is 1490. The van der Waals surface area contributed by atoms with Crippen molar-refractivity contribution in [3.63, 3.8) is 0 Å². The van der Waals surface area contributed by atoms with Crippen molar-refractivity contribution in [3.8, 4) is 44.5 Å². The van der Waals surface area contributed by atoms with E-state index in [4.69, 9.17) is 46.4 Å². The van der Waals surface area contributed by atoms with Crippen LogP contribution in [0.5, 0.6) is 0 Å². The molecule has 0 saturated heterocycles. The fourth-order valence-corrected chi connectivity index (χ4v) is 5.15. The van der Waals surface area contributed by atoms with Gasteiger partial charge in [0.1, 0.15) is 0 Å². The number of halogens is 6. The Morgan fingerprint density at radius 2 is 0.611 bits per heavy atom. The summed E-state index contributed by atoms with van der Waals surface area (Å²) in [5, 5.41) is 1.70. The van der Waals surface area contributed by atoms with Gasteiger partial charge in [0.05, 0.1) is 0 Å². The van der Waals surface area contributed by atoms with E-state index in [2.05, 4.69) is 0 Å². The van der Waals surface area contributed by atoms with Crippen LogP contribution in [-0.2, 0) is 0 Å². The normalized spacial score (nSPS) is 11.1. The molecule has 0 nitrogen and oxygen atoms in total. The largest absolute Gasteiger partial charge is 0.203 e. The van der Waals surface area contributed by atoms with Crippen molar-refractivity contribution in [1.82, 2.24) is 0 Å². The first kappa shape index (κ1) is 24.8. The van der Waals surface area contributed by atoms with Crippen molar-refractivity contribution >= 4 is 46.4 Å². The highest BCUT2D eigenvalue weighted by Gasteiger charge is 2.28. The van der Waals surface area contributed by atoms with Crippen LogP contribution < -0.4 is 0 Å². The van der Waals surface area contributed by atoms with E-state index in [-0.39, 0.29) is 11.1 Å². The summed E-state index contributed by atoms with van der Waals surface area (Å²) in [6.07, 6.45) is 0. The van der Waals surface area contributed by atoms with Crippen molar-refractivity contribution < 1.29 is 8.78 Å². The molecular weight excluding hydrogens is 540 g/mol. The summed E-state index contributed by atoms with van der Waals surface area (Å²) in [4.78, 5) is 0. The summed E-state index contributed by atoms with van der Waals surface area (Å²) < 4.78 is 32.4. The molecule has 5 rings (SSSR count). The zero-order chi connectivity index (χ0) is 25.4. The molecule has 0 heterocycles. The molecule has 0 spiro atoms. The Kier molecular flexibility index (Phi) is 7.05. The van der Waals surface area contributed by atoms with Crippen LogP contribution in [0.4, 0.5) is 8.78 Å². The van der Waals surface area contributed by atoms with Gasteiger partial charge in [0.15, 0.2) is 11.6 Å². The lowest BCUT2D eigenvalue weighted by molar-refractivity contribution is 0.514. The quantitative estimate of drug-likeness (QED) is 0.207.